The summed E-state index contributed by atoms with van der Waals surface area (Å²) in [6.45, 7) is 8.25. The molecule has 2 aliphatic rings. The standard InChI is InChI=1S/C19H29N3O3/c1-15-4-2-3-5-16(15)12-20-19(23)21-13-18(17-6-9-25-14-17)22-7-10-24-11-8-22/h2-5,17-18H,6-14H2,1H3,(H2,20,21,23). The summed E-state index contributed by atoms with van der Waals surface area (Å²) in [6, 6.07) is 8.31. The zero-order valence-electron chi connectivity index (χ0n) is 15.0. The number of urea groups is 1. The van der Waals surface area contributed by atoms with Crippen LogP contribution in [0, 0.1) is 12.8 Å². The second-order valence-electron chi connectivity index (χ2n) is 6.83. The van der Waals surface area contributed by atoms with Gasteiger partial charge in [-0.05, 0) is 24.5 Å². The van der Waals surface area contributed by atoms with Gasteiger partial charge in [0, 0.05) is 44.7 Å². The Morgan fingerprint density at radius 1 is 1.20 bits per heavy atom. The molecule has 2 aliphatic heterocycles. The molecule has 2 N–H and O–H groups in total. The SMILES string of the molecule is Cc1ccccc1CNC(=O)NCC(C1CCOC1)N1CCOCC1. The van der Waals surface area contributed by atoms with Crippen molar-refractivity contribution in [1.29, 1.82) is 0 Å². The molecule has 1 aromatic rings. The fraction of sp³-hybridized carbons (Fsp3) is 0.632. The van der Waals surface area contributed by atoms with Gasteiger partial charge in [-0.15, -0.1) is 0 Å². The van der Waals surface area contributed by atoms with Crippen LogP contribution in [0.25, 0.3) is 0 Å². The number of carbonyl (C=O) groups excluding carboxylic acids is 1. The molecule has 2 unspecified atom stereocenters. The van der Waals surface area contributed by atoms with Crippen molar-refractivity contribution < 1.29 is 14.3 Å². The Morgan fingerprint density at radius 3 is 2.72 bits per heavy atom. The van der Waals surface area contributed by atoms with E-state index < -0.39 is 0 Å². The van der Waals surface area contributed by atoms with Crippen LogP contribution in [0.1, 0.15) is 17.5 Å². The van der Waals surface area contributed by atoms with Gasteiger partial charge < -0.3 is 20.1 Å². The van der Waals surface area contributed by atoms with Crippen LogP contribution < -0.4 is 10.6 Å². The van der Waals surface area contributed by atoms with E-state index in [1.54, 1.807) is 0 Å². The number of benzene rings is 1. The first-order chi connectivity index (χ1) is 12.2. The number of rotatable bonds is 6. The van der Waals surface area contributed by atoms with E-state index in [4.69, 9.17) is 9.47 Å². The number of nitrogens with zero attached hydrogens (tertiary/aromatic N) is 1. The molecule has 0 bridgehead atoms. The molecule has 0 aromatic heterocycles. The highest BCUT2D eigenvalue weighted by molar-refractivity contribution is 5.73. The zero-order chi connectivity index (χ0) is 17.5. The van der Waals surface area contributed by atoms with Crippen LogP contribution in [-0.2, 0) is 16.0 Å². The molecule has 2 fully saturated rings. The van der Waals surface area contributed by atoms with Crippen molar-refractivity contribution in [2.75, 3.05) is 46.1 Å². The van der Waals surface area contributed by atoms with Crippen molar-refractivity contribution in [2.24, 2.45) is 5.92 Å². The summed E-state index contributed by atoms with van der Waals surface area (Å²) in [6.07, 6.45) is 1.06. The normalized spacial score (nSPS) is 22.5. The van der Waals surface area contributed by atoms with Gasteiger partial charge in [0.25, 0.3) is 0 Å². The first-order valence-electron chi connectivity index (χ1n) is 9.20. The maximum atomic E-state index is 12.2. The number of morpholine rings is 1. The predicted molar refractivity (Wildman–Crippen MR) is 96.5 cm³/mol. The molecule has 0 saturated carbocycles. The van der Waals surface area contributed by atoms with Crippen molar-refractivity contribution >= 4 is 6.03 Å². The van der Waals surface area contributed by atoms with Crippen LogP contribution in [-0.4, -0.2) is 63.0 Å². The van der Waals surface area contributed by atoms with Crippen LogP contribution in [0.2, 0.25) is 0 Å². The molecule has 6 nitrogen and oxygen atoms in total. The van der Waals surface area contributed by atoms with Gasteiger partial charge in [-0.1, -0.05) is 24.3 Å². The van der Waals surface area contributed by atoms with Gasteiger partial charge in [0.15, 0.2) is 0 Å². The maximum Gasteiger partial charge on any atom is 0.315 e. The molecule has 1 aromatic carbocycles. The second-order valence-corrected chi connectivity index (χ2v) is 6.83. The summed E-state index contributed by atoms with van der Waals surface area (Å²) in [5.41, 5.74) is 2.34. The predicted octanol–water partition coefficient (Wildman–Crippen LogP) is 1.53. The summed E-state index contributed by atoms with van der Waals surface area (Å²) in [5, 5.41) is 6.02. The van der Waals surface area contributed by atoms with E-state index in [-0.39, 0.29) is 6.03 Å². The molecule has 6 heteroatoms. The maximum absolute atomic E-state index is 12.2. The van der Waals surface area contributed by atoms with E-state index in [0.29, 0.717) is 25.0 Å². The van der Waals surface area contributed by atoms with Crippen molar-refractivity contribution in [3.8, 4) is 0 Å². The van der Waals surface area contributed by atoms with Crippen molar-refractivity contribution in [2.45, 2.75) is 25.9 Å². The average Bonchev–Trinajstić information content (AvgIpc) is 3.16. The van der Waals surface area contributed by atoms with E-state index in [0.717, 1.165) is 51.5 Å². The third kappa shape index (κ3) is 5.17. The van der Waals surface area contributed by atoms with Crippen molar-refractivity contribution in [1.82, 2.24) is 15.5 Å². The molecule has 0 spiro atoms. The highest BCUT2D eigenvalue weighted by atomic mass is 16.5. The van der Waals surface area contributed by atoms with Gasteiger partial charge in [0.1, 0.15) is 0 Å². The molecule has 2 saturated heterocycles. The van der Waals surface area contributed by atoms with E-state index >= 15 is 0 Å². The summed E-state index contributed by atoms with van der Waals surface area (Å²) in [4.78, 5) is 14.7. The van der Waals surface area contributed by atoms with E-state index in [9.17, 15) is 4.79 Å². The quantitative estimate of drug-likeness (QED) is 0.819. The van der Waals surface area contributed by atoms with E-state index in [1.165, 1.54) is 5.56 Å². The number of aryl methyl sites for hydroxylation is 1. The van der Waals surface area contributed by atoms with Gasteiger partial charge in [-0.25, -0.2) is 4.79 Å². The second kappa shape index (κ2) is 9.17. The first-order valence-corrected chi connectivity index (χ1v) is 9.20. The number of amides is 2. The molecule has 0 radical (unpaired) electrons. The van der Waals surface area contributed by atoms with Crippen LogP contribution in [0.3, 0.4) is 0 Å². The van der Waals surface area contributed by atoms with Gasteiger partial charge >= 0.3 is 6.03 Å². The monoisotopic (exact) mass is 347 g/mol. The van der Waals surface area contributed by atoms with Gasteiger partial charge in [-0.3, -0.25) is 4.90 Å². The summed E-state index contributed by atoms with van der Waals surface area (Å²) < 4.78 is 11.0. The van der Waals surface area contributed by atoms with Crippen molar-refractivity contribution in [3.63, 3.8) is 0 Å². The molecule has 0 aliphatic carbocycles. The van der Waals surface area contributed by atoms with Gasteiger partial charge in [0.2, 0.25) is 0 Å². The summed E-state index contributed by atoms with van der Waals surface area (Å²) >= 11 is 0. The van der Waals surface area contributed by atoms with E-state index in [2.05, 4.69) is 28.5 Å². The first kappa shape index (κ1) is 18.2. The lowest BCUT2D eigenvalue weighted by atomic mass is 9.97. The van der Waals surface area contributed by atoms with Crippen LogP contribution in [0.4, 0.5) is 4.79 Å². The minimum Gasteiger partial charge on any atom is -0.381 e. The third-order valence-electron chi connectivity index (χ3n) is 5.20. The lowest BCUT2D eigenvalue weighted by Gasteiger charge is -2.37. The van der Waals surface area contributed by atoms with Gasteiger partial charge in [0.05, 0.1) is 19.8 Å². The largest absolute Gasteiger partial charge is 0.381 e. The number of carbonyl (C=O) groups is 1. The highest BCUT2D eigenvalue weighted by Crippen LogP contribution is 2.21. The number of nitrogens with one attached hydrogen (secondary N) is 2. The van der Waals surface area contributed by atoms with Gasteiger partial charge in [-0.2, -0.15) is 0 Å². The fourth-order valence-electron chi connectivity index (χ4n) is 3.60. The minimum atomic E-state index is -0.111. The lowest BCUT2D eigenvalue weighted by molar-refractivity contribution is 0.00212. The number of hydrogen-bond donors (Lipinski definition) is 2. The fourth-order valence-corrected chi connectivity index (χ4v) is 3.60. The zero-order valence-corrected chi connectivity index (χ0v) is 15.0. The highest BCUT2D eigenvalue weighted by Gasteiger charge is 2.31. The molecular formula is C19H29N3O3. The Morgan fingerprint density at radius 2 is 2.00 bits per heavy atom. The molecule has 2 heterocycles. The Balaban J connectivity index is 1.49. The molecule has 3 rings (SSSR count). The van der Waals surface area contributed by atoms with Crippen LogP contribution >= 0.6 is 0 Å². The lowest BCUT2D eigenvalue weighted by Crippen LogP contribution is -2.53. The summed E-state index contributed by atoms with van der Waals surface area (Å²) in [7, 11) is 0. The molecule has 138 valence electrons. The smallest absolute Gasteiger partial charge is 0.315 e. The molecule has 2 amide bonds. The topological polar surface area (TPSA) is 62.8 Å². The third-order valence-corrected chi connectivity index (χ3v) is 5.20. The molecule has 25 heavy (non-hydrogen) atoms. The Labute approximate surface area is 149 Å². The number of hydrogen-bond acceptors (Lipinski definition) is 4. The average molecular weight is 347 g/mol. The summed E-state index contributed by atoms with van der Waals surface area (Å²) in [5.74, 6) is 0.481. The van der Waals surface area contributed by atoms with Crippen LogP contribution in [0.15, 0.2) is 24.3 Å². The Bertz CT molecular complexity index is 555. The number of ether oxygens (including phenoxy) is 2. The molecular weight excluding hydrogens is 318 g/mol. The molecule has 2 atom stereocenters. The minimum absolute atomic E-state index is 0.111. The Hall–Kier alpha value is -1.63. The van der Waals surface area contributed by atoms with Crippen molar-refractivity contribution in [3.05, 3.63) is 35.4 Å². The Kier molecular flexibility index (Phi) is 6.67. The van der Waals surface area contributed by atoms with Crippen LogP contribution in [0.5, 0.6) is 0 Å². The van der Waals surface area contributed by atoms with E-state index in [1.807, 2.05) is 18.2 Å².